The Balaban J connectivity index is 1.78. The Bertz CT molecular complexity index is 1420. The number of hydrogen-bond donors (Lipinski definition) is 0. The lowest BCUT2D eigenvalue weighted by Crippen LogP contribution is -2.26. The highest BCUT2D eigenvalue weighted by Gasteiger charge is 2.34. The van der Waals surface area contributed by atoms with E-state index in [-0.39, 0.29) is 10.3 Å². The van der Waals surface area contributed by atoms with Gasteiger partial charge in [-0.3, -0.25) is 9.98 Å². The summed E-state index contributed by atoms with van der Waals surface area (Å²) in [6.07, 6.45) is -2.01. The Hall–Kier alpha value is -2.87. The molecule has 0 aliphatic rings. The van der Waals surface area contributed by atoms with E-state index in [4.69, 9.17) is 4.98 Å². The van der Waals surface area contributed by atoms with Gasteiger partial charge in [-0.15, -0.1) is 0 Å². The second-order valence-electron chi connectivity index (χ2n) is 11.9. The van der Waals surface area contributed by atoms with Crippen molar-refractivity contribution in [3.63, 3.8) is 0 Å². The second-order valence-corrected chi connectivity index (χ2v) is 18.0. The number of alkyl halides is 3. The van der Waals surface area contributed by atoms with Gasteiger partial charge in [-0.05, 0) is 53.1 Å². The Kier molecular flexibility index (Phi) is 9.52. The third-order valence-electron chi connectivity index (χ3n) is 6.68. The van der Waals surface area contributed by atoms with Crippen LogP contribution >= 0.6 is 15.8 Å². The van der Waals surface area contributed by atoms with Crippen LogP contribution in [0.25, 0.3) is 0 Å². The Morgan fingerprint density at radius 3 is 1.78 bits per heavy atom. The number of pyridine rings is 1. The summed E-state index contributed by atoms with van der Waals surface area (Å²) in [6, 6.07) is 29.6. The molecule has 0 N–H and O–H groups in total. The van der Waals surface area contributed by atoms with Crippen molar-refractivity contribution >= 4 is 43.7 Å². The van der Waals surface area contributed by atoms with E-state index in [2.05, 4.69) is 46.5 Å². The highest BCUT2D eigenvalue weighted by molar-refractivity contribution is 7.80. The van der Waals surface area contributed by atoms with Crippen LogP contribution in [-0.4, -0.2) is 21.5 Å². The maximum absolute atomic E-state index is 13.8. The van der Waals surface area contributed by atoms with Crippen LogP contribution in [0, 0.1) is 0 Å². The number of halogens is 3. The minimum Gasteiger partial charge on any atom is -0.254 e. The van der Waals surface area contributed by atoms with Gasteiger partial charge in [-0.1, -0.05) is 122 Å². The van der Waals surface area contributed by atoms with Gasteiger partial charge in [0.15, 0.2) is 0 Å². The Labute approximate surface area is 244 Å². The van der Waals surface area contributed by atoms with Crippen molar-refractivity contribution in [1.29, 1.82) is 0 Å². The topological polar surface area (TPSA) is 25.2 Å². The molecule has 0 atom stereocenters. The molecule has 0 amide bonds. The molecule has 0 unspecified atom stereocenters. The van der Waals surface area contributed by atoms with Crippen LogP contribution in [0.4, 0.5) is 18.9 Å². The zero-order chi connectivity index (χ0) is 29.8. The van der Waals surface area contributed by atoms with Gasteiger partial charge in [-0.2, -0.15) is 13.2 Å². The van der Waals surface area contributed by atoms with Crippen molar-refractivity contribution in [2.75, 3.05) is 0 Å². The zero-order valence-corrected chi connectivity index (χ0v) is 26.2. The first-order chi connectivity index (χ1) is 19.2. The lowest BCUT2D eigenvalue weighted by molar-refractivity contribution is -0.137. The fraction of sp³-hybridized carbons (Fsp3) is 0.294. The van der Waals surface area contributed by atoms with Crippen LogP contribution in [0.5, 0.6) is 0 Å². The number of aromatic nitrogens is 1. The van der Waals surface area contributed by atoms with Crippen molar-refractivity contribution in [3.05, 3.63) is 114 Å². The molecule has 4 aromatic rings. The summed E-state index contributed by atoms with van der Waals surface area (Å²) in [5.41, 5.74) is 1.20. The van der Waals surface area contributed by atoms with Crippen molar-refractivity contribution in [2.45, 2.75) is 64.2 Å². The van der Waals surface area contributed by atoms with Crippen LogP contribution in [0.15, 0.2) is 102 Å². The molecule has 0 aliphatic heterocycles. The van der Waals surface area contributed by atoms with E-state index < -0.39 is 27.6 Å². The minimum absolute atomic E-state index is 0.151. The molecule has 1 aromatic heterocycles. The van der Waals surface area contributed by atoms with Gasteiger partial charge in [0.2, 0.25) is 0 Å². The standard InChI is InChI=1S/C34H37F3N2P2/c1-32(2,3)40(33(4,5)6)24-27-15-13-14-26(39-27)23-38-30-22-25(34(35,36)37)20-21-31(30)41(28-16-9-7-10-17-28)29-18-11-8-12-19-29/h7-23H,24H2,1-6H3. The third-order valence-corrected chi connectivity index (χ3v) is 13.0. The number of aliphatic imine (C=N–C) groups is 1. The monoisotopic (exact) mass is 592 g/mol. The van der Waals surface area contributed by atoms with E-state index in [9.17, 15) is 13.2 Å². The normalized spacial score (nSPS) is 13.0. The SMILES string of the molecule is CC(C)(C)P(Cc1cccc(C=Nc2cc(C(F)(F)F)ccc2P(c2ccccc2)c2ccccc2)n1)C(C)(C)C. The highest BCUT2D eigenvalue weighted by Crippen LogP contribution is 2.61. The second kappa shape index (κ2) is 12.6. The molecule has 0 radical (unpaired) electrons. The van der Waals surface area contributed by atoms with Crippen LogP contribution in [-0.2, 0) is 12.3 Å². The predicted octanol–water partition coefficient (Wildman–Crippen LogP) is 9.19. The van der Waals surface area contributed by atoms with Crippen LogP contribution in [0.2, 0.25) is 0 Å². The molecule has 214 valence electrons. The van der Waals surface area contributed by atoms with E-state index in [1.807, 2.05) is 78.9 Å². The largest absolute Gasteiger partial charge is 0.416 e. The van der Waals surface area contributed by atoms with E-state index >= 15 is 0 Å². The van der Waals surface area contributed by atoms with Gasteiger partial charge in [0.25, 0.3) is 0 Å². The molecular formula is C34H37F3N2P2. The van der Waals surface area contributed by atoms with E-state index in [0.29, 0.717) is 11.4 Å². The van der Waals surface area contributed by atoms with Crippen molar-refractivity contribution in [1.82, 2.24) is 4.98 Å². The Morgan fingerprint density at radius 1 is 0.707 bits per heavy atom. The smallest absolute Gasteiger partial charge is 0.254 e. The molecule has 0 aliphatic carbocycles. The van der Waals surface area contributed by atoms with Crippen LogP contribution < -0.4 is 15.9 Å². The molecule has 2 nitrogen and oxygen atoms in total. The molecule has 41 heavy (non-hydrogen) atoms. The summed E-state index contributed by atoms with van der Waals surface area (Å²) in [7, 11) is -1.54. The van der Waals surface area contributed by atoms with Crippen molar-refractivity contribution < 1.29 is 13.2 Å². The van der Waals surface area contributed by atoms with Crippen LogP contribution in [0.1, 0.15) is 58.5 Å². The maximum Gasteiger partial charge on any atom is 0.416 e. The molecule has 0 saturated heterocycles. The average molecular weight is 593 g/mol. The minimum atomic E-state index is -4.47. The number of hydrogen-bond acceptors (Lipinski definition) is 2. The first-order valence-corrected chi connectivity index (χ1v) is 16.5. The quantitative estimate of drug-likeness (QED) is 0.155. The molecule has 4 rings (SSSR count). The fourth-order valence-corrected chi connectivity index (χ4v) is 10.8. The van der Waals surface area contributed by atoms with E-state index in [1.165, 1.54) is 0 Å². The average Bonchev–Trinajstić information content (AvgIpc) is 2.91. The van der Waals surface area contributed by atoms with E-state index in [1.54, 1.807) is 12.3 Å². The lowest BCUT2D eigenvalue weighted by atomic mass is 10.2. The molecular weight excluding hydrogens is 555 g/mol. The first-order valence-electron chi connectivity index (χ1n) is 13.6. The first kappa shape index (κ1) is 31.1. The fourth-order valence-electron chi connectivity index (χ4n) is 5.01. The van der Waals surface area contributed by atoms with E-state index in [0.717, 1.165) is 39.9 Å². The van der Waals surface area contributed by atoms with Gasteiger partial charge < -0.3 is 0 Å². The summed E-state index contributed by atoms with van der Waals surface area (Å²) in [5, 5.41) is 3.16. The van der Waals surface area contributed by atoms with Gasteiger partial charge in [0, 0.05) is 17.2 Å². The summed E-state index contributed by atoms with van der Waals surface area (Å²) in [4.78, 5) is 9.54. The molecule has 3 aromatic carbocycles. The Morgan fingerprint density at radius 2 is 1.27 bits per heavy atom. The maximum atomic E-state index is 13.8. The molecule has 0 spiro atoms. The molecule has 1 heterocycles. The molecule has 0 saturated carbocycles. The number of nitrogens with zero attached hydrogens (tertiary/aromatic N) is 2. The summed E-state index contributed by atoms with van der Waals surface area (Å²) in [6.45, 7) is 13.7. The zero-order valence-electron chi connectivity index (χ0n) is 24.4. The predicted molar refractivity (Wildman–Crippen MR) is 172 cm³/mol. The van der Waals surface area contributed by atoms with Gasteiger partial charge in [0.05, 0.1) is 23.2 Å². The number of rotatable bonds is 7. The summed E-state index contributed by atoms with van der Waals surface area (Å²) >= 11 is 0. The molecule has 0 bridgehead atoms. The summed E-state index contributed by atoms with van der Waals surface area (Å²) < 4.78 is 41.5. The molecule has 0 fully saturated rings. The summed E-state index contributed by atoms with van der Waals surface area (Å²) in [5.74, 6) is 0. The van der Waals surface area contributed by atoms with Crippen molar-refractivity contribution in [2.24, 2.45) is 4.99 Å². The van der Waals surface area contributed by atoms with Crippen molar-refractivity contribution in [3.8, 4) is 0 Å². The third kappa shape index (κ3) is 8.12. The van der Waals surface area contributed by atoms with Gasteiger partial charge in [0.1, 0.15) is 0 Å². The van der Waals surface area contributed by atoms with Crippen LogP contribution in [0.3, 0.4) is 0 Å². The molecule has 7 heteroatoms. The number of benzene rings is 3. The highest BCUT2D eigenvalue weighted by atomic mass is 31.1. The lowest BCUT2D eigenvalue weighted by Gasteiger charge is -2.41. The van der Waals surface area contributed by atoms with Gasteiger partial charge >= 0.3 is 6.18 Å². The van der Waals surface area contributed by atoms with Gasteiger partial charge in [-0.25, -0.2) is 0 Å².